The molecule has 1 aromatic rings. The minimum atomic E-state index is 0.703. The number of rotatable bonds is 5. The van der Waals surface area contributed by atoms with E-state index in [1.807, 2.05) is 0 Å². The average molecular weight is 273 g/mol. The summed E-state index contributed by atoms with van der Waals surface area (Å²) >= 11 is 0. The smallest absolute Gasteiger partial charge is 0.0208 e. The lowest BCUT2D eigenvalue weighted by molar-refractivity contribution is 0.206. The molecule has 1 nitrogen and oxygen atoms in total. The van der Waals surface area contributed by atoms with Gasteiger partial charge >= 0.3 is 0 Å². The molecule has 20 heavy (non-hydrogen) atoms. The Morgan fingerprint density at radius 1 is 1.05 bits per heavy atom. The second-order valence-corrected chi connectivity index (χ2v) is 7.17. The predicted molar refractivity (Wildman–Crippen MR) is 87.8 cm³/mol. The molecule has 0 aliphatic heterocycles. The van der Waals surface area contributed by atoms with Crippen molar-refractivity contribution >= 4 is 0 Å². The molecule has 1 aromatic carbocycles. The topological polar surface area (TPSA) is 12.0 Å². The second kappa shape index (κ2) is 7.26. The van der Waals surface area contributed by atoms with E-state index in [1.165, 1.54) is 36.8 Å². The van der Waals surface area contributed by atoms with Gasteiger partial charge < -0.3 is 5.32 Å². The Hall–Kier alpha value is -0.820. The van der Waals surface area contributed by atoms with Crippen LogP contribution in [0.25, 0.3) is 0 Å². The Morgan fingerprint density at radius 3 is 2.35 bits per heavy atom. The van der Waals surface area contributed by atoms with Crippen LogP contribution >= 0.6 is 0 Å². The molecule has 0 amide bonds. The molecule has 1 aliphatic rings. The SMILES string of the molecule is CC(C)Cc1ccc(CNC2CCCC(C)C2C)cc1. The molecule has 3 atom stereocenters. The monoisotopic (exact) mass is 273 g/mol. The Bertz CT molecular complexity index is 393. The molecule has 0 radical (unpaired) electrons. The van der Waals surface area contributed by atoms with Crippen LogP contribution in [0.5, 0.6) is 0 Å². The molecular formula is C19H31N. The minimum Gasteiger partial charge on any atom is -0.310 e. The van der Waals surface area contributed by atoms with Gasteiger partial charge in [-0.1, -0.05) is 64.8 Å². The Morgan fingerprint density at radius 2 is 1.70 bits per heavy atom. The van der Waals surface area contributed by atoms with Gasteiger partial charge in [0.15, 0.2) is 0 Å². The molecular weight excluding hydrogens is 242 g/mol. The molecule has 0 heterocycles. The molecule has 1 saturated carbocycles. The lowest BCUT2D eigenvalue weighted by atomic mass is 9.78. The molecule has 1 aliphatic carbocycles. The molecule has 1 N–H and O–H groups in total. The summed E-state index contributed by atoms with van der Waals surface area (Å²) in [5.41, 5.74) is 2.88. The first-order chi connectivity index (χ1) is 9.56. The minimum absolute atomic E-state index is 0.703. The van der Waals surface area contributed by atoms with Gasteiger partial charge in [0.25, 0.3) is 0 Å². The lowest BCUT2D eigenvalue weighted by Crippen LogP contribution is -2.40. The highest BCUT2D eigenvalue weighted by atomic mass is 14.9. The first kappa shape index (κ1) is 15.6. The predicted octanol–water partition coefficient (Wildman–Crippen LogP) is 4.80. The number of hydrogen-bond donors (Lipinski definition) is 1. The Kier molecular flexibility index (Phi) is 5.65. The van der Waals surface area contributed by atoms with Crippen LogP contribution in [0.2, 0.25) is 0 Å². The zero-order valence-corrected chi connectivity index (χ0v) is 13.7. The first-order valence-corrected chi connectivity index (χ1v) is 8.37. The van der Waals surface area contributed by atoms with Gasteiger partial charge in [0, 0.05) is 12.6 Å². The van der Waals surface area contributed by atoms with E-state index in [1.54, 1.807) is 0 Å². The second-order valence-electron chi connectivity index (χ2n) is 7.17. The van der Waals surface area contributed by atoms with E-state index < -0.39 is 0 Å². The summed E-state index contributed by atoms with van der Waals surface area (Å²) in [4.78, 5) is 0. The highest BCUT2D eigenvalue weighted by Crippen LogP contribution is 2.29. The van der Waals surface area contributed by atoms with Crippen molar-refractivity contribution in [3.63, 3.8) is 0 Å². The number of benzene rings is 1. The zero-order chi connectivity index (χ0) is 14.5. The van der Waals surface area contributed by atoms with Gasteiger partial charge in [-0.3, -0.25) is 0 Å². The van der Waals surface area contributed by atoms with Crippen molar-refractivity contribution in [1.82, 2.24) is 5.32 Å². The van der Waals surface area contributed by atoms with Gasteiger partial charge in [0.2, 0.25) is 0 Å². The standard InChI is InChI=1S/C19H31N/c1-14(2)12-17-8-10-18(11-9-17)13-20-19-7-5-6-15(3)16(19)4/h8-11,14-16,19-20H,5-7,12-13H2,1-4H3. The fourth-order valence-corrected chi connectivity index (χ4v) is 3.38. The van der Waals surface area contributed by atoms with Crippen LogP contribution in [-0.4, -0.2) is 6.04 Å². The quantitative estimate of drug-likeness (QED) is 0.812. The van der Waals surface area contributed by atoms with Crippen molar-refractivity contribution < 1.29 is 0 Å². The molecule has 112 valence electrons. The van der Waals surface area contributed by atoms with Crippen molar-refractivity contribution in [2.75, 3.05) is 0 Å². The van der Waals surface area contributed by atoms with Crippen LogP contribution in [0.1, 0.15) is 58.1 Å². The summed E-state index contributed by atoms with van der Waals surface area (Å²) in [6.07, 6.45) is 5.32. The van der Waals surface area contributed by atoms with E-state index >= 15 is 0 Å². The maximum atomic E-state index is 3.78. The summed E-state index contributed by atoms with van der Waals surface area (Å²) in [7, 11) is 0. The van der Waals surface area contributed by atoms with E-state index in [2.05, 4.69) is 57.3 Å². The van der Waals surface area contributed by atoms with Crippen LogP contribution < -0.4 is 5.32 Å². The molecule has 3 unspecified atom stereocenters. The molecule has 1 heteroatoms. The van der Waals surface area contributed by atoms with E-state index in [0.717, 1.165) is 24.3 Å². The highest BCUT2D eigenvalue weighted by molar-refractivity contribution is 5.22. The molecule has 0 bridgehead atoms. The summed E-state index contributed by atoms with van der Waals surface area (Å²) in [6, 6.07) is 9.88. The Balaban J connectivity index is 1.84. The Labute approximate surface area is 125 Å². The third-order valence-corrected chi connectivity index (χ3v) is 4.94. The van der Waals surface area contributed by atoms with Gasteiger partial charge in [-0.25, -0.2) is 0 Å². The van der Waals surface area contributed by atoms with Crippen molar-refractivity contribution in [2.45, 2.75) is 66.0 Å². The maximum absolute atomic E-state index is 3.78. The van der Waals surface area contributed by atoms with Crippen LogP contribution in [0.3, 0.4) is 0 Å². The summed E-state index contributed by atoms with van der Waals surface area (Å²) in [6.45, 7) is 10.4. The summed E-state index contributed by atoms with van der Waals surface area (Å²) in [5, 5.41) is 3.78. The van der Waals surface area contributed by atoms with Crippen LogP contribution in [0.15, 0.2) is 24.3 Å². The van der Waals surface area contributed by atoms with E-state index in [4.69, 9.17) is 0 Å². The van der Waals surface area contributed by atoms with Crippen molar-refractivity contribution in [2.24, 2.45) is 17.8 Å². The molecule has 2 rings (SSSR count). The third kappa shape index (κ3) is 4.34. The van der Waals surface area contributed by atoms with Crippen LogP contribution in [0.4, 0.5) is 0 Å². The maximum Gasteiger partial charge on any atom is 0.0208 e. The van der Waals surface area contributed by atoms with Crippen LogP contribution in [-0.2, 0) is 13.0 Å². The summed E-state index contributed by atoms with van der Waals surface area (Å²) in [5.74, 6) is 2.42. The van der Waals surface area contributed by atoms with Crippen molar-refractivity contribution in [1.29, 1.82) is 0 Å². The van der Waals surface area contributed by atoms with E-state index in [9.17, 15) is 0 Å². The summed E-state index contributed by atoms with van der Waals surface area (Å²) < 4.78 is 0. The first-order valence-electron chi connectivity index (χ1n) is 8.37. The number of hydrogen-bond acceptors (Lipinski definition) is 1. The molecule has 0 aromatic heterocycles. The lowest BCUT2D eigenvalue weighted by Gasteiger charge is -2.34. The van der Waals surface area contributed by atoms with Crippen LogP contribution in [0, 0.1) is 17.8 Å². The highest BCUT2D eigenvalue weighted by Gasteiger charge is 2.26. The largest absolute Gasteiger partial charge is 0.310 e. The van der Waals surface area contributed by atoms with Gasteiger partial charge in [-0.15, -0.1) is 0 Å². The fourth-order valence-electron chi connectivity index (χ4n) is 3.38. The van der Waals surface area contributed by atoms with Gasteiger partial charge in [0.1, 0.15) is 0 Å². The van der Waals surface area contributed by atoms with E-state index in [0.29, 0.717) is 6.04 Å². The molecule has 0 spiro atoms. The normalized spacial score (nSPS) is 26.9. The van der Waals surface area contributed by atoms with Gasteiger partial charge in [0.05, 0.1) is 0 Å². The third-order valence-electron chi connectivity index (χ3n) is 4.94. The zero-order valence-electron chi connectivity index (χ0n) is 13.7. The molecule has 0 saturated heterocycles. The fraction of sp³-hybridized carbons (Fsp3) is 0.684. The van der Waals surface area contributed by atoms with E-state index in [-0.39, 0.29) is 0 Å². The van der Waals surface area contributed by atoms with Gasteiger partial charge in [-0.2, -0.15) is 0 Å². The molecule has 1 fully saturated rings. The van der Waals surface area contributed by atoms with Gasteiger partial charge in [-0.05, 0) is 41.7 Å². The number of nitrogens with one attached hydrogen (secondary N) is 1. The van der Waals surface area contributed by atoms with Crippen molar-refractivity contribution in [3.05, 3.63) is 35.4 Å². The van der Waals surface area contributed by atoms with Crippen molar-refractivity contribution in [3.8, 4) is 0 Å². The average Bonchev–Trinajstić information content (AvgIpc) is 2.41.